The van der Waals surface area contributed by atoms with Gasteiger partial charge in [0.25, 0.3) is 0 Å². The lowest BCUT2D eigenvalue weighted by Gasteiger charge is -2.17. The Labute approximate surface area is 124 Å². The largest absolute Gasteiger partial charge is 0.339 e. The summed E-state index contributed by atoms with van der Waals surface area (Å²) in [6.45, 7) is 0. The zero-order chi connectivity index (χ0) is 13.1. The Morgan fingerprint density at radius 1 is 1.15 bits per heavy atom. The van der Waals surface area contributed by atoms with Crippen LogP contribution in [0.1, 0.15) is 43.0 Å². The third kappa shape index (κ3) is 3.16. The van der Waals surface area contributed by atoms with Gasteiger partial charge in [-0.25, -0.2) is 0 Å². The fourth-order valence-electron chi connectivity index (χ4n) is 2.59. The summed E-state index contributed by atoms with van der Waals surface area (Å²) in [5.74, 6) is 1.35. The van der Waals surface area contributed by atoms with Gasteiger partial charge in [0.15, 0.2) is 5.82 Å². The molecule has 2 N–H and O–H groups in total. The van der Waals surface area contributed by atoms with E-state index in [1.807, 2.05) is 12.1 Å². The SMILES string of the molecule is Cl.NC1(c2noc(CCc3ccncc3)n2)CCCC1. The van der Waals surface area contributed by atoms with Crippen LogP contribution in [0.3, 0.4) is 0 Å². The van der Waals surface area contributed by atoms with Gasteiger partial charge in [0.1, 0.15) is 0 Å². The lowest BCUT2D eigenvalue weighted by atomic mass is 9.99. The van der Waals surface area contributed by atoms with Crippen LogP contribution >= 0.6 is 12.4 Å². The molecule has 2 heterocycles. The van der Waals surface area contributed by atoms with Crippen LogP contribution in [0.5, 0.6) is 0 Å². The quantitative estimate of drug-likeness (QED) is 0.937. The lowest BCUT2D eigenvalue weighted by molar-refractivity contribution is 0.348. The van der Waals surface area contributed by atoms with Crippen molar-refractivity contribution in [2.24, 2.45) is 5.73 Å². The van der Waals surface area contributed by atoms with Crippen molar-refractivity contribution in [1.29, 1.82) is 0 Å². The van der Waals surface area contributed by atoms with E-state index in [9.17, 15) is 0 Å². The normalized spacial score (nSPS) is 16.9. The standard InChI is InChI=1S/C14H18N4O.ClH/c15-14(7-1-2-8-14)13-17-12(19-18-13)4-3-11-5-9-16-10-6-11;/h5-6,9-10H,1-4,7-8,15H2;1H. The van der Waals surface area contributed by atoms with Crippen LogP contribution in [0.25, 0.3) is 0 Å². The lowest BCUT2D eigenvalue weighted by Crippen LogP contribution is -2.34. The average Bonchev–Trinajstić information content (AvgIpc) is 3.07. The Bertz CT molecular complexity index is 537. The van der Waals surface area contributed by atoms with Crippen molar-refractivity contribution in [1.82, 2.24) is 15.1 Å². The van der Waals surface area contributed by atoms with E-state index in [2.05, 4.69) is 15.1 Å². The fraction of sp³-hybridized carbons (Fsp3) is 0.500. The Hall–Kier alpha value is -1.46. The molecule has 2 aromatic rings. The minimum Gasteiger partial charge on any atom is -0.339 e. The highest BCUT2D eigenvalue weighted by Gasteiger charge is 2.35. The highest BCUT2D eigenvalue weighted by atomic mass is 35.5. The third-order valence-corrected chi connectivity index (χ3v) is 3.79. The Balaban J connectivity index is 0.00000147. The number of nitrogens with zero attached hydrogens (tertiary/aromatic N) is 3. The van der Waals surface area contributed by atoms with Gasteiger partial charge in [0, 0.05) is 18.8 Å². The molecule has 0 amide bonds. The summed E-state index contributed by atoms with van der Waals surface area (Å²) in [6, 6.07) is 4.00. The van der Waals surface area contributed by atoms with E-state index < -0.39 is 0 Å². The molecular weight excluding hydrogens is 276 g/mol. The zero-order valence-corrected chi connectivity index (χ0v) is 12.1. The number of rotatable bonds is 4. The fourth-order valence-corrected chi connectivity index (χ4v) is 2.59. The molecule has 0 aromatic carbocycles. The molecule has 1 aliphatic carbocycles. The van der Waals surface area contributed by atoms with Gasteiger partial charge in [0.2, 0.25) is 5.89 Å². The second kappa shape index (κ2) is 6.33. The van der Waals surface area contributed by atoms with E-state index >= 15 is 0 Å². The summed E-state index contributed by atoms with van der Waals surface area (Å²) in [4.78, 5) is 8.46. The monoisotopic (exact) mass is 294 g/mol. The van der Waals surface area contributed by atoms with Crippen LogP contribution in [0.15, 0.2) is 29.0 Å². The van der Waals surface area contributed by atoms with Gasteiger partial charge in [-0.2, -0.15) is 4.98 Å². The number of halogens is 1. The summed E-state index contributed by atoms with van der Waals surface area (Å²) < 4.78 is 5.31. The summed E-state index contributed by atoms with van der Waals surface area (Å²) in [7, 11) is 0. The van der Waals surface area contributed by atoms with Crippen molar-refractivity contribution >= 4 is 12.4 Å². The Kier molecular flexibility index (Phi) is 4.73. The van der Waals surface area contributed by atoms with Crippen LogP contribution in [-0.4, -0.2) is 15.1 Å². The summed E-state index contributed by atoms with van der Waals surface area (Å²) >= 11 is 0. The van der Waals surface area contributed by atoms with Gasteiger partial charge in [-0.15, -0.1) is 12.4 Å². The van der Waals surface area contributed by atoms with Crippen LogP contribution in [0.2, 0.25) is 0 Å². The number of hydrogen-bond acceptors (Lipinski definition) is 5. The van der Waals surface area contributed by atoms with Crippen molar-refractivity contribution < 1.29 is 4.52 Å². The molecule has 0 spiro atoms. The summed E-state index contributed by atoms with van der Waals surface area (Å²) in [6.07, 6.45) is 9.42. The first-order valence-electron chi connectivity index (χ1n) is 6.77. The number of hydrogen-bond donors (Lipinski definition) is 1. The molecule has 6 heteroatoms. The molecule has 0 saturated heterocycles. The van der Waals surface area contributed by atoms with E-state index in [0.29, 0.717) is 11.7 Å². The molecule has 3 rings (SSSR count). The van der Waals surface area contributed by atoms with Crippen molar-refractivity contribution in [2.45, 2.75) is 44.1 Å². The first-order chi connectivity index (χ1) is 9.26. The van der Waals surface area contributed by atoms with Crippen molar-refractivity contribution in [2.75, 3.05) is 0 Å². The van der Waals surface area contributed by atoms with Crippen molar-refractivity contribution in [3.63, 3.8) is 0 Å². The zero-order valence-electron chi connectivity index (χ0n) is 11.3. The van der Waals surface area contributed by atoms with Gasteiger partial charge in [-0.05, 0) is 37.0 Å². The van der Waals surface area contributed by atoms with E-state index in [1.165, 1.54) is 5.56 Å². The minimum absolute atomic E-state index is 0. The molecule has 0 radical (unpaired) electrons. The van der Waals surface area contributed by atoms with Crippen molar-refractivity contribution in [3.05, 3.63) is 41.8 Å². The number of pyridine rings is 1. The van der Waals surface area contributed by atoms with E-state index in [0.717, 1.165) is 38.5 Å². The van der Waals surface area contributed by atoms with Crippen LogP contribution < -0.4 is 5.73 Å². The number of aromatic nitrogens is 3. The third-order valence-electron chi connectivity index (χ3n) is 3.79. The Morgan fingerprint density at radius 3 is 2.55 bits per heavy atom. The first-order valence-corrected chi connectivity index (χ1v) is 6.77. The topological polar surface area (TPSA) is 77.8 Å². The second-order valence-corrected chi connectivity index (χ2v) is 5.23. The summed E-state index contributed by atoms with van der Waals surface area (Å²) in [5, 5.41) is 4.06. The molecular formula is C14H19ClN4O. The molecule has 1 fully saturated rings. The smallest absolute Gasteiger partial charge is 0.227 e. The van der Waals surface area contributed by atoms with Crippen molar-refractivity contribution in [3.8, 4) is 0 Å². The average molecular weight is 295 g/mol. The first kappa shape index (κ1) is 14.9. The van der Waals surface area contributed by atoms with Gasteiger partial charge >= 0.3 is 0 Å². The molecule has 1 saturated carbocycles. The second-order valence-electron chi connectivity index (χ2n) is 5.23. The summed E-state index contributed by atoms with van der Waals surface area (Å²) in [5.41, 5.74) is 7.17. The van der Waals surface area contributed by atoms with E-state index in [1.54, 1.807) is 12.4 Å². The van der Waals surface area contributed by atoms with Gasteiger partial charge in [-0.3, -0.25) is 4.98 Å². The highest BCUT2D eigenvalue weighted by molar-refractivity contribution is 5.85. The van der Waals surface area contributed by atoms with Crippen LogP contribution in [0, 0.1) is 0 Å². The molecule has 5 nitrogen and oxygen atoms in total. The van der Waals surface area contributed by atoms with Crippen LogP contribution in [-0.2, 0) is 18.4 Å². The molecule has 108 valence electrons. The van der Waals surface area contributed by atoms with Gasteiger partial charge < -0.3 is 10.3 Å². The molecule has 0 atom stereocenters. The highest BCUT2D eigenvalue weighted by Crippen LogP contribution is 2.34. The predicted octanol–water partition coefficient (Wildman–Crippen LogP) is 2.40. The number of nitrogens with two attached hydrogens (primary N) is 1. The Morgan fingerprint density at radius 2 is 1.85 bits per heavy atom. The van der Waals surface area contributed by atoms with Gasteiger partial charge in [-0.1, -0.05) is 18.0 Å². The molecule has 1 aliphatic rings. The molecule has 0 aliphatic heterocycles. The number of aryl methyl sites for hydroxylation is 2. The van der Waals surface area contributed by atoms with E-state index in [-0.39, 0.29) is 17.9 Å². The maximum atomic E-state index is 6.31. The predicted molar refractivity (Wildman–Crippen MR) is 77.5 cm³/mol. The molecule has 0 unspecified atom stereocenters. The van der Waals surface area contributed by atoms with Gasteiger partial charge in [0.05, 0.1) is 5.54 Å². The molecule has 2 aromatic heterocycles. The molecule has 0 bridgehead atoms. The van der Waals surface area contributed by atoms with Crippen LogP contribution in [0.4, 0.5) is 0 Å². The maximum Gasteiger partial charge on any atom is 0.227 e. The molecule has 20 heavy (non-hydrogen) atoms. The van der Waals surface area contributed by atoms with E-state index in [4.69, 9.17) is 10.3 Å². The minimum atomic E-state index is -0.363. The maximum absolute atomic E-state index is 6.31.